The van der Waals surface area contributed by atoms with Gasteiger partial charge in [0.25, 0.3) is 5.91 Å². The maximum absolute atomic E-state index is 14.1. The quantitative estimate of drug-likeness (QED) is 0.475. The highest BCUT2D eigenvalue weighted by Gasteiger charge is 2.39. The maximum Gasteiger partial charge on any atom is 0.254 e. The van der Waals surface area contributed by atoms with Crippen molar-refractivity contribution in [2.75, 3.05) is 11.9 Å². The van der Waals surface area contributed by atoms with Gasteiger partial charge in [0.15, 0.2) is 0 Å². The van der Waals surface area contributed by atoms with Crippen molar-refractivity contribution < 1.29 is 9.18 Å². The Labute approximate surface area is 201 Å². The van der Waals surface area contributed by atoms with Crippen molar-refractivity contribution in [1.82, 2.24) is 14.7 Å². The minimum Gasteiger partial charge on any atom is -0.344 e. The molecule has 1 fully saturated rings. The van der Waals surface area contributed by atoms with E-state index >= 15 is 0 Å². The van der Waals surface area contributed by atoms with Crippen LogP contribution in [0.4, 0.5) is 10.2 Å². The van der Waals surface area contributed by atoms with Gasteiger partial charge in [-0.25, -0.2) is 9.07 Å². The Balaban J connectivity index is 1.59. The molecular formula is C25H23Cl2FN4O. The predicted molar refractivity (Wildman–Crippen MR) is 128 cm³/mol. The van der Waals surface area contributed by atoms with E-state index in [1.807, 2.05) is 35.6 Å². The van der Waals surface area contributed by atoms with E-state index in [0.29, 0.717) is 22.2 Å². The maximum atomic E-state index is 14.1. The Kier molecular flexibility index (Phi) is 5.67. The fourth-order valence-corrected chi connectivity index (χ4v) is 5.16. The summed E-state index contributed by atoms with van der Waals surface area (Å²) < 4.78 is 15.3. The van der Waals surface area contributed by atoms with E-state index in [2.05, 4.69) is 10.4 Å². The van der Waals surface area contributed by atoms with Crippen LogP contribution in [0.5, 0.6) is 0 Å². The van der Waals surface area contributed by atoms with Crippen LogP contribution >= 0.6 is 23.2 Å². The molecule has 0 unspecified atom stereocenters. The van der Waals surface area contributed by atoms with Crippen LogP contribution in [0.25, 0.3) is 0 Å². The van der Waals surface area contributed by atoms with Crippen molar-refractivity contribution in [3.05, 3.63) is 92.5 Å². The average Bonchev–Trinajstić information content (AvgIpc) is 3.41. The van der Waals surface area contributed by atoms with Gasteiger partial charge < -0.3 is 10.2 Å². The number of amides is 1. The number of benzene rings is 2. The van der Waals surface area contributed by atoms with E-state index in [0.717, 1.165) is 41.2 Å². The number of nitrogens with one attached hydrogen (secondary N) is 1. The number of rotatable bonds is 3. The summed E-state index contributed by atoms with van der Waals surface area (Å²) in [7, 11) is 0. The fraction of sp³-hybridized carbons (Fsp3) is 0.280. The molecule has 2 atom stereocenters. The van der Waals surface area contributed by atoms with Crippen LogP contribution in [-0.2, 0) is 4.79 Å². The molecule has 2 aliphatic heterocycles. The third kappa shape index (κ3) is 3.91. The van der Waals surface area contributed by atoms with Crippen molar-refractivity contribution in [2.45, 2.75) is 38.8 Å². The van der Waals surface area contributed by atoms with E-state index < -0.39 is 6.04 Å². The zero-order valence-electron chi connectivity index (χ0n) is 18.3. The van der Waals surface area contributed by atoms with Crippen LogP contribution in [-0.4, -0.2) is 27.1 Å². The summed E-state index contributed by atoms with van der Waals surface area (Å²) in [6.07, 6.45) is 1.72. The van der Waals surface area contributed by atoms with E-state index in [-0.39, 0.29) is 17.8 Å². The lowest BCUT2D eigenvalue weighted by atomic mass is 9.93. The lowest BCUT2D eigenvalue weighted by Gasteiger charge is -2.34. The highest BCUT2D eigenvalue weighted by molar-refractivity contribution is 6.42. The molecule has 2 aromatic carbocycles. The molecule has 3 aromatic rings. The monoisotopic (exact) mass is 484 g/mol. The summed E-state index contributed by atoms with van der Waals surface area (Å²) in [6.45, 7) is 4.46. The normalized spacial score (nSPS) is 20.1. The summed E-state index contributed by atoms with van der Waals surface area (Å²) >= 11 is 12.5. The molecule has 1 aromatic heterocycles. The molecule has 5 rings (SSSR count). The number of aryl methyl sites for hydroxylation is 1. The van der Waals surface area contributed by atoms with Gasteiger partial charge in [-0.15, -0.1) is 0 Å². The van der Waals surface area contributed by atoms with Crippen LogP contribution in [0.1, 0.15) is 48.7 Å². The molecule has 0 bridgehead atoms. The fourth-order valence-electron chi connectivity index (χ4n) is 4.86. The number of likely N-dealkylation sites (tertiary alicyclic amines) is 1. The molecule has 170 valence electrons. The SMILES string of the molecule is CC1=C(C(=O)N2CCC[C@H]2c2ccc(F)cc2)[C@@H](c2ccc(Cl)c(Cl)c2)n2nc(C)cc2N1. The van der Waals surface area contributed by atoms with Crippen LogP contribution in [0.15, 0.2) is 59.8 Å². The predicted octanol–water partition coefficient (Wildman–Crippen LogP) is 6.29. The molecule has 1 N–H and O–H groups in total. The average molecular weight is 485 g/mol. The van der Waals surface area contributed by atoms with Crippen LogP contribution in [0.3, 0.4) is 0 Å². The second kappa shape index (κ2) is 8.50. The molecule has 3 heterocycles. The van der Waals surface area contributed by atoms with E-state index in [1.165, 1.54) is 12.1 Å². The molecule has 5 nitrogen and oxygen atoms in total. The summed E-state index contributed by atoms with van der Waals surface area (Å²) in [5, 5.41) is 8.90. The number of anilines is 1. The number of allylic oxidation sites excluding steroid dienone is 1. The molecule has 0 aliphatic carbocycles. The largest absolute Gasteiger partial charge is 0.344 e. The van der Waals surface area contributed by atoms with E-state index in [9.17, 15) is 9.18 Å². The Morgan fingerprint density at radius 1 is 1.06 bits per heavy atom. The molecule has 0 radical (unpaired) electrons. The third-order valence-electron chi connectivity index (χ3n) is 6.35. The number of nitrogens with zero attached hydrogens (tertiary/aromatic N) is 3. The standard InChI is InChI=1S/C25H23Cl2FN4O/c1-14-12-22-29-15(2)23(24(32(22)30-14)17-7-10-19(26)20(27)13-17)25(33)31-11-3-4-21(31)16-5-8-18(28)9-6-16/h5-10,12-13,21,24,29H,3-4,11H2,1-2H3/t21-,24+/m0/s1. The summed E-state index contributed by atoms with van der Waals surface area (Å²) in [4.78, 5) is 16.0. The highest BCUT2D eigenvalue weighted by atomic mass is 35.5. The van der Waals surface area contributed by atoms with Gasteiger partial charge in [-0.05, 0) is 62.1 Å². The van der Waals surface area contributed by atoms with Crippen LogP contribution < -0.4 is 5.32 Å². The van der Waals surface area contributed by atoms with Gasteiger partial charge in [0.1, 0.15) is 17.7 Å². The van der Waals surface area contributed by atoms with Gasteiger partial charge in [-0.1, -0.05) is 41.4 Å². The summed E-state index contributed by atoms with van der Waals surface area (Å²) in [6, 6.07) is 13.2. The van der Waals surface area contributed by atoms with E-state index in [4.69, 9.17) is 23.2 Å². The number of carbonyl (C=O) groups is 1. The zero-order chi connectivity index (χ0) is 23.3. The minimum absolute atomic E-state index is 0.0679. The van der Waals surface area contributed by atoms with Crippen LogP contribution in [0, 0.1) is 12.7 Å². The van der Waals surface area contributed by atoms with Crippen molar-refractivity contribution in [3.63, 3.8) is 0 Å². The molecule has 8 heteroatoms. The highest BCUT2D eigenvalue weighted by Crippen LogP contribution is 2.41. The van der Waals surface area contributed by atoms with Crippen molar-refractivity contribution in [2.24, 2.45) is 0 Å². The van der Waals surface area contributed by atoms with Gasteiger partial charge in [-0.3, -0.25) is 4.79 Å². The summed E-state index contributed by atoms with van der Waals surface area (Å²) in [5.74, 6) is 0.460. The zero-order valence-corrected chi connectivity index (χ0v) is 19.8. The first kappa shape index (κ1) is 22.0. The minimum atomic E-state index is -0.452. The number of halogens is 3. The van der Waals surface area contributed by atoms with Gasteiger partial charge in [-0.2, -0.15) is 5.10 Å². The Morgan fingerprint density at radius 3 is 2.52 bits per heavy atom. The molecule has 2 aliphatic rings. The number of carbonyl (C=O) groups excluding carboxylic acids is 1. The molecule has 0 saturated carbocycles. The van der Waals surface area contributed by atoms with E-state index in [1.54, 1.807) is 24.3 Å². The smallest absolute Gasteiger partial charge is 0.254 e. The van der Waals surface area contributed by atoms with Gasteiger partial charge >= 0.3 is 0 Å². The first-order chi connectivity index (χ1) is 15.8. The molecule has 33 heavy (non-hydrogen) atoms. The Bertz CT molecular complexity index is 1270. The van der Waals surface area contributed by atoms with Crippen molar-refractivity contribution >= 4 is 34.9 Å². The van der Waals surface area contributed by atoms with Gasteiger partial charge in [0.2, 0.25) is 0 Å². The number of hydrogen-bond donors (Lipinski definition) is 1. The molecule has 1 amide bonds. The lowest BCUT2D eigenvalue weighted by molar-refractivity contribution is -0.128. The third-order valence-corrected chi connectivity index (χ3v) is 7.09. The number of fused-ring (bicyclic) bond motifs is 1. The topological polar surface area (TPSA) is 50.2 Å². The first-order valence-corrected chi connectivity index (χ1v) is 11.6. The van der Waals surface area contributed by atoms with Gasteiger partial charge in [0, 0.05) is 18.3 Å². The molecular weight excluding hydrogens is 462 g/mol. The number of aromatic nitrogens is 2. The van der Waals surface area contributed by atoms with Crippen molar-refractivity contribution in [1.29, 1.82) is 0 Å². The molecule has 0 spiro atoms. The molecule has 1 saturated heterocycles. The second-order valence-electron chi connectivity index (χ2n) is 8.56. The van der Waals surface area contributed by atoms with Crippen LogP contribution in [0.2, 0.25) is 10.0 Å². The lowest BCUT2D eigenvalue weighted by Crippen LogP contribution is -2.38. The second-order valence-corrected chi connectivity index (χ2v) is 9.38. The summed E-state index contributed by atoms with van der Waals surface area (Å²) in [5.41, 5.74) is 3.99. The van der Waals surface area contributed by atoms with Crippen molar-refractivity contribution in [3.8, 4) is 0 Å². The first-order valence-electron chi connectivity index (χ1n) is 10.9. The van der Waals surface area contributed by atoms with Gasteiger partial charge in [0.05, 0.1) is 27.4 Å². The Morgan fingerprint density at radius 2 is 1.79 bits per heavy atom. The number of hydrogen-bond acceptors (Lipinski definition) is 3. The Hall–Kier alpha value is -2.83.